The normalized spacial score (nSPS) is 14.0. The van der Waals surface area contributed by atoms with Crippen LogP contribution >= 0.6 is 0 Å². The van der Waals surface area contributed by atoms with Gasteiger partial charge in [-0.1, -0.05) is 187 Å². The van der Waals surface area contributed by atoms with Crippen molar-refractivity contribution in [3.05, 3.63) is 228 Å². The molecule has 0 atom stereocenters. The standard InChI is InChI=1S/C57H50N2/c1-55(2,3)43-31-33-53-49(37-43)57(47-27-13-15-29-51(47)58(53)45-25-17-23-41(35-45)39-19-9-7-10-20-39)48-28-14-16-30-52(48)59(54-34-32-44(38-50(54)57)56(4,5)6)46-26-18-24-42(36-46)40-21-11-8-12-22-40/h7-38H,1-6H3. The van der Waals surface area contributed by atoms with Gasteiger partial charge in [-0.3, -0.25) is 0 Å². The molecule has 0 radical (unpaired) electrons. The molecule has 1 spiro atoms. The maximum Gasteiger partial charge on any atom is 0.0783 e. The lowest BCUT2D eigenvalue weighted by atomic mass is 9.59. The van der Waals surface area contributed by atoms with Gasteiger partial charge in [0.05, 0.1) is 28.2 Å². The fourth-order valence-electron chi connectivity index (χ4n) is 9.56. The molecule has 0 unspecified atom stereocenters. The van der Waals surface area contributed by atoms with Crippen molar-refractivity contribution in [1.82, 2.24) is 0 Å². The summed E-state index contributed by atoms with van der Waals surface area (Å²) in [5, 5.41) is 0. The van der Waals surface area contributed by atoms with Crippen molar-refractivity contribution in [2.24, 2.45) is 0 Å². The lowest BCUT2D eigenvalue weighted by molar-refractivity contribution is 0.583. The van der Waals surface area contributed by atoms with Crippen molar-refractivity contribution in [3.8, 4) is 22.3 Å². The third-order valence-electron chi connectivity index (χ3n) is 12.5. The molecule has 2 heterocycles. The molecule has 10 rings (SSSR count). The van der Waals surface area contributed by atoms with Crippen LogP contribution in [0.1, 0.15) is 74.9 Å². The highest BCUT2D eigenvalue weighted by molar-refractivity contribution is 5.97. The van der Waals surface area contributed by atoms with Crippen LogP contribution in [0.25, 0.3) is 22.3 Å². The minimum atomic E-state index is -0.637. The molecular weight excluding hydrogens is 713 g/mol. The molecule has 2 aliphatic heterocycles. The highest BCUT2D eigenvalue weighted by Crippen LogP contribution is 2.64. The number of rotatable bonds is 4. The second-order valence-corrected chi connectivity index (χ2v) is 18.3. The summed E-state index contributed by atoms with van der Waals surface area (Å²) in [6, 6.07) is 72.5. The molecule has 2 heteroatoms. The van der Waals surface area contributed by atoms with E-state index in [-0.39, 0.29) is 10.8 Å². The van der Waals surface area contributed by atoms with Crippen LogP contribution in [0.15, 0.2) is 194 Å². The topological polar surface area (TPSA) is 6.48 Å². The fourth-order valence-corrected chi connectivity index (χ4v) is 9.56. The second kappa shape index (κ2) is 13.7. The summed E-state index contributed by atoms with van der Waals surface area (Å²) in [5.41, 5.74) is 18.9. The third-order valence-corrected chi connectivity index (χ3v) is 12.5. The number of fused-ring (bicyclic) bond motifs is 8. The van der Waals surface area contributed by atoms with Gasteiger partial charge in [0.2, 0.25) is 0 Å². The van der Waals surface area contributed by atoms with E-state index in [9.17, 15) is 0 Å². The van der Waals surface area contributed by atoms with Crippen molar-refractivity contribution in [2.45, 2.75) is 57.8 Å². The smallest absolute Gasteiger partial charge is 0.0783 e. The summed E-state index contributed by atoms with van der Waals surface area (Å²) < 4.78 is 0. The molecule has 2 aliphatic rings. The van der Waals surface area contributed by atoms with Gasteiger partial charge in [0.1, 0.15) is 0 Å². The Hall–Kier alpha value is -6.64. The monoisotopic (exact) mass is 762 g/mol. The van der Waals surface area contributed by atoms with Crippen molar-refractivity contribution in [1.29, 1.82) is 0 Å². The first-order valence-electron chi connectivity index (χ1n) is 20.9. The Bertz CT molecular complexity index is 2660. The van der Waals surface area contributed by atoms with Gasteiger partial charge in [0.25, 0.3) is 0 Å². The Balaban J connectivity index is 1.31. The fraction of sp³-hybridized carbons (Fsp3) is 0.158. The van der Waals surface area contributed by atoms with Gasteiger partial charge >= 0.3 is 0 Å². The Kier molecular flexibility index (Phi) is 8.54. The van der Waals surface area contributed by atoms with Crippen LogP contribution in [-0.2, 0) is 16.2 Å². The van der Waals surface area contributed by atoms with Gasteiger partial charge < -0.3 is 9.80 Å². The average molecular weight is 763 g/mol. The van der Waals surface area contributed by atoms with Gasteiger partial charge in [-0.05, 0) is 115 Å². The molecular formula is C57H50N2. The summed E-state index contributed by atoms with van der Waals surface area (Å²) >= 11 is 0. The molecule has 0 N–H and O–H groups in total. The SMILES string of the molecule is CC(C)(C)c1ccc2c(c1)C1(c3ccccc3N2c2cccc(-c3ccccc3)c2)c2ccccc2N(c2cccc(-c3ccccc3)c2)c2ccc(C(C)(C)C)cc21. The Labute approximate surface area is 350 Å². The molecule has 8 aromatic carbocycles. The molecule has 288 valence electrons. The molecule has 2 nitrogen and oxygen atoms in total. The zero-order valence-corrected chi connectivity index (χ0v) is 34.9. The molecule has 59 heavy (non-hydrogen) atoms. The molecule has 0 amide bonds. The van der Waals surface area contributed by atoms with E-state index in [1.54, 1.807) is 0 Å². The molecule has 0 saturated carbocycles. The van der Waals surface area contributed by atoms with Crippen molar-refractivity contribution in [2.75, 3.05) is 9.80 Å². The van der Waals surface area contributed by atoms with Crippen LogP contribution in [0, 0.1) is 0 Å². The summed E-state index contributed by atoms with van der Waals surface area (Å²) in [7, 11) is 0. The quantitative estimate of drug-likeness (QED) is 0.176. The highest BCUT2D eigenvalue weighted by atomic mass is 15.2. The van der Waals surface area contributed by atoms with E-state index >= 15 is 0 Å². The van der Waals surface area contributed by atoms with Crippen LogP contribution in [0.5, 0.6) is 0 Å². The minimum Gasteiger partial charge on any atom is -0.310 e. The summed E-state index contributed by atoms with van der Waals surface area (Å²) in [6.07, 6.45) is 0. The Morgan fingerprint density at radius 3 is 1.07 bits per heavy atom. The molecule has 0 bridgehead atoms. The predicted molar refractivity (Wildman–Crippen MR) is 250 cm³/mol. The number of anilines is 6. The Morgan fingerprint density at radius 2 is 0.661 bits per heavy atom. The molecule has 8 aromatic rings. The van der Waals surface area contributed by atoms with E-state index < -0.39 is 5.41 Å². The van der Waals surface area contributed by atoms with Crippen LogP contribution in [0.3, 0.4) is 0 Å². The van der Waals surface area contributed by atoms with E-state index in [4.69, 9.17) is 0 Å². The molecule has 0 aliphatic carbocycles. The number of hydrogen-bond donors (Lipinski definition) is 0. The van der Waals surface area contributed by atoms with E-state index in [1.807, 2.05) is 0 Å². The van der Waals surface area contributed by atoms with E-state index in [2.05, 4.69) is 245 Å². The van der Waals surface area contributed by atoms with Gasteiger partial charge in [-0.2, -0.15) is 0 Å². The van der Waals surface area contributed by atoms with Gasteiger partial charge in [-0.25, -0.2) is 0 Å². The van der Waals surface area contributed by atoms with Crippen molar-refractivity contribution in [3.63, 3.8) is 0 Å². The summed E-state index contributed by atoms with van der Waals surface area (Å²) in [6.45, 7) is 14.0. The largest absolute Gasteiger partial charge is 0.310 e. The maximum absolute atomic E-state index is 2.54. The second-order valence-electron chi connectivity index (χ2n) is 18.3. The lowest BCUT2D eigenvalue weighted by Gasteiger charge is -2.52. The average Bonchev–Trinajstić information content (AvgIpc) is 3.26. The lowest BCUT2D eigenvalue weighted by Crippen LogP contribution is -2.42. The predicted octanol–water partition coefficient (Wildman–Crippen LogP) is 15.6. The van der Waals surface area contributed by atoms with E-state index in [0.717, 1.165) is 11.4 Å². The number of nitrogens with zero attached hydrogens (tertiary/aromatic N) is 2. The minimum absolute atomic E-state index is 0.0700. The highest BCUT2D eigenvalue weighted by Gasteiger charge is 2.52. The molecule has 0 aromatic heterocycles. The first kappa shape index (κ1) is 36.7. The van der Waals surface area contributed by atoms with Gasteiger partial charge in [-0.15, -0.1) is 0 Å². The first-order valence-corrected chi connectivity index (χ1v) is 20.9. The zero-order valence-electron chi connectivity index (χ0n) is 34.9. The van der Waals surface area contributed by atoms with E-state index in [1.165, 1.54) is 78.4 Å². The van der Waals surface area contributed by atoms with Crippen LogP contribution < -0.4 is 9.80 Å². The number of benzene rings is 8. The Morgan fingerprint density at radius 1 is 0.305 bits per heavy atom. The number of hydrogen-bond acceptors (Lipinski definition) is 2. The number of para-hydroxylation sites is 2. The molecule has 0 fully saturated rings. The first-order chi connectivity index (χ1) is 28.5. The van der Waals surface area contributed by atoms with Crippen molar-refractivity contribution >= 4 is 34.1 Å². The van der Waals surface area contributed by atoms with Crippen LogP contribution in [-0.4, -0.2) is 0 Å². The van der Waals surface area contributed by atoms with Crippen LogP contribution in [0.2, 0.25) is 0 Å². The van der Waals surface area contributed by atoms with E-state index in [0.29, 0.717) is 0 Å². The van der Waals surface area contributed by atoms with Gasteiger partial charge in [0, 0.05) is 11.4 Å². The summed E-state index contributed by atoms with van der Waals surface area (Å²) in [4.78, 5) is 5.03. The van der Waals surface area contributed by atoms with Gasteiger partial charge in [0.15, 0.2) is 0 Å². The maximum atomic E-state index is 2.54. The molecule has 0 saturated heterocycles. The third kappa shape index (κ3) is 5.92. The summed E-state index contributed by atoms with van der Waals surface area (Å²) in [5.74, 6) is 0. The van der Waals surface area contributed by atoms with Crippen LogP contribution in [0.4, 0.5) is 34.1 Å². The van der Waals surface area contributed by atoms with Crippen molar-refractivity contribution < 1.29 is 0 Å². The zero-order chi connectivity index (χ0) is 40.5.